The molecule has 0 amide bonds. The number of aromatic nitrogens is 4. The molecule has 0 spiro atoms. The first-order chi connectivity index (χ1) is 14.3. The van der Waals surface area contributed by atoms with Crippen LogP contribution in [-0.4, -0.2) is 57.8 Å². The molecule has 0 radical (unpaired) electrons. The van der Waals surface area contributed by atoms with Crippen LogP contribution in [0.4, 0.5) is 0 Å². The lowest BCUT2D eigenvalue weighted by atomic mass is 10.1. The average molecular weight is 432 g/mol. The van der Waals surface area contributed by atoms with E-state index in [1.54, 1.807) is 48.7 Å². The molecule has 0 aliphatic carbocycles. The summed E-state index contributed by atoms with van der Waals surface area (Å²) in [6, 6.07) is 8.20. The molecule has 30 heavy (non-hydrogen) atoms. The molecular weight excluding hydrogens is 412 g/mol. The summed E-state index contributed by atoms with van der Waals surface area (Å²) in [5.74, 6) is -1.18. The molecule has 2 saturated heterocycles. The molecule has 11 heteroatoms. The first-order valence-electron chi connectivity index (χ1n) is 9.44. The molecule has 3 aromatic rings. The Balaban J connectivity index is 1.51. The summed E-state index contributed by atoms with van der Waals surface area (Å²) >= 11 is 0. The van der Waals surface area contributed by atoms with Crippen molar-refractivity contribution in [2.24, 2.45) is 0 Å². The van der Waals surface area contributed by atoms with E-state index in [4.69, 9.17) is 14.2 Å². The smallest absolute Gasteiger partial charge is 0.278 e. The number of benzene rings is 1. The van der Waals surface area contributed by atoms with Gasteiger partial charge in [0.2, 0.25) is 0 Å². The van der Waals surface area contributed by atoms with Gasteiger partial charge in [-0.1, -0.05) is 18.2 Å². The molecule has 10 nitrogen and oxygen atoms in total. The molecule has 1 aromatic carbocycles. The number of aromatic amines is 1. The van der Waals surface area contributed by atoms with Crippen LogP contribution in [0.1, 0.15) is 20.1 Å². The molecule has 4 atom stereocenters. The van der Waals surface area contributed by atoms with Crippen LogP contribution in [0.2, 0.25) is 0 Å². The first kappa shape index (κ1) is 19.4. The van der Waals surface area contributed by atoms with Gasteiger partial charge in [0.1, 0.15) is 18.3 Å². The topological polar surface area (TPSA) is 125 Å². The summed E-state index contributed by atoms with van der Waals surface area (Å²) in [5, 5.41) is 0. The van der Waals surface area contributed by atoms with Crippen LogP contribution < -0.4 is 5.56 Å². The molecule has 2 fully saturated rings. The van der Waals surface area contributed by atoms with E-state index in [0.717, 1.165) is 0 Å². The van der Waals surface area contributed by atoms with Gasteiger partial charge in [-0.3, -0.25) is 9.36 Å². The normalized spacial score (nSPS) is 28.1. The van der Waals surface area contributed by atoms with E-state index in [9.17, 15) is 13.2 Å². The summed E-state index contributed by atoms with van der Waals surface area (Å²) in [7, 11) is -3.62. The second kappa shape index (κ2) is 6.71. The average Bonchev–Trinajstić information content (AvgIpc) is 3.35. The number of rotatable bonds is 4. The van der Waals surface area contributed by atoms with Crippen LogP contribution in [0.25, 0.3) is 11.2 Å². The number of sulfone groups is 1. The van der Waals surface area contributed by atoms with E-state index in [1.807, 2.05) is 0 Å². The molecule has 0 unspecified atom stereocenters. The van der Waals surface area contributed by atoms with Crippen molar-refractivity contribution in [2.75, 3.05) is 5.75 Å². The second-order valence-corrected chi connectivity index (χ2v) is 9.81. The van der Waals surface area contributed by atoms with Crippen LogP contribution in [0.15, 0.2) is 52.7 Å². The molecule has 4 heterocycles. The number of nitrogens with one attached hydrogen (secondary N) is 1. The van der Waals surface area contributed by atoms with E-state index in [1.165, 1.54) is 12.7 Å². The van der Waals surface area contributed by atoms with Gasteiger partial charge < -0.3 is 19.2 Å². The zero-order valence-electron chi connectivity index (χ0n) is 16.3. The van der Waals surface area contributed by atoms with Crippen molar-refractivity contribution in [3.05, 3.63) is 53.3 Å². The Kier molecular flexibility index (Phi) is 4.33. The SMILES string of the molecule is CC1(C)O[C@@H]2[C@H](O1)[C@@H](CS(=O)(=O)c1ccccc1)O[C@H]2n1cnc2c(=O)[nH]cnc21. The molecule has 158 valence electrons. The minimum Gasteiger partial charge on any atom is -0.348 e. The van der Waals surface area contributed by atoms with E-state index in [0.29, 0.717) is 5.65 Å². The number of fused-ring (bicyclic) bond motifs is 2. The van der Waals surface area contributed by atoms with Crippen molar-refractivity contribution in [1.29, 1.82) is 0 Å². The van der Waals surface area contributed by atoms with Crippen LogP contribution in [0.3, 0.4) is 0 Å². The summed E-state index contributed by atoms with van der Waals surface area (Å²) in [6.07, 6.45) is 0.0100. The molecule has 0 saturated carbocycles. The highest BCUT2D eigenvalue weighted by Gasteiger charge is 2.57. The lowest BCUT2D eigenvalue weighted by Crippen LogP contribution is -2.34. The predicted molar refractivity (Wildman–Crippen MR) is 104 cm³/mol. The Bertz CT molecular complexity index is 1250. The van der Waals surface area contributed by atoms with Crippen molar-refractivity contribution < 1.29 is 22.6 Å². The van der Waals surface area contributed by atoms with Gasteiger partial charge in [-0.05, 0) is 26.0 Å². The van der Waals surface area contributed by atoms with Crippen molar-refractivity contribution in [1.82, 2.24) is 19.5 Å². The Hall–Kier alpha value is -2.60. The third-order valence-electron chi connectivity index (χ3n) is 5.25. The number of imidazole rings is 1. The second-order valence-electron chi connectivity index (χ2n) is 7.78. The van der Waals surface area contributed by atoms with Gasteiger partial charge in [0.25, 0.3) is 5.56 Å². The molecular formula is C19H20N4O6S. The van der Waals surface area contributed by atoms with Gasteiger partial charge in [0, 0.05) is 0 Å². The zero-order chi connectivity index (χ0) is 21.1. The summed E-state index contributed by atoms with van der Waals surface area (Å²) < 4.78 is 45.6. The maximum Gasteiger partial charge on any atom is 0.278 e. The van der Waals surface area contributed by atoms with Crippen LogP contribution >= 0.6 is 0 Å². The fraction of sp³-hybridized carbons (Fsp3) is 0.421. The molecule has 5 rings (SSSR count). The summed E-state index contributed by atoms with van der Waals surface area (Å²) in [6.45, 7) is 3.53. The third kappa shape index (κ3) is 3.14. The Morgan fingerprint density at radius 1 is 1.13 bits per heavy atom. The Morgan fingerprint density at radius 3 is 2.63 bits per heavy atom. The Morgan fingerprint density at radius 2 is 1.87 bits per heavy atom. The molecule has 2 aliphatic heterocycles. The monoisotopic (exact) mass is 432 g/mol. The largest absolute Gasteiger partial charge is 0.348 e. The number of ether oxygens (including phenoxy) is 3. The van der Waals surface area contributed by atoms with Gasteiger partial charge in [-0.25, -0.2) is 18.4 Å². The standard InChI is InChI=1S/C19H20N4O6S/c1-19(2)28-14-12(8-30(25,26)11-6-4-3-5-7-11)27-18(15(14)29-19)23-10-22-13-16(23)20-9-21-17(13)24/h3-7,9-10,12,14-15,18H,8H2,1-2H3,(H,20,21,24)/t12-,14-,15-,18-/m1/s1. The lowest BCUT2D eigenvalue weighted by Gasteiger charge is -2.24. The summed E-state index contributed by atoms with van der Waals surface area (Å²) in [4.78, 5) is 23.0. The van der Waals surface area contributed by atoms with Gasteiger partial charge in [-0.2, -0.15) is 0 Å². The molecule has 2 aliphatic rings. The maximum atomic E-state index is 12.9. The predicted octanol–water partition coefficient (Wildman–Crippen LogP) is 1.01. The highest BCUT2D eigenvalue weighted by Crippen LogP contribution is 2.44. The van der Waals surface area contributed by atoms with Gasteiger partial charge in [-0.15, -0.1) is 0 Å². The quantitative estimate of drug-likeness (QED) is 0.648. The maximum absolute atomic E-state index is 12.9. The van der Waals surface area contributed by atoms with Gasteiger partial charge >= 0.3 is 0 Å². The van der Waals surface area contributed by atoms with E-state index in [2.05, 4.69) is 15.0 Å². The lowest BCUT2D eigenvalue weighted by molar-refractivity contribution is -0.193. The highest BCUT2D eigenvalue weighted by molar-refractivity contribution is 7.91. The zero-order valence-corrected chi connectivity index (χ0v) is 17.1. The molecule has 1 N–H and O–H groups in total. The number of hydrogen-bond donors (Lipinski definition) is 1. The fourth-order valence-electron chi connectivity index (χ4n) is 4.01. The third-order valence-corrected chi connectivity index (χ3v) is 7.01. The first-order valence-corrected chi connectivity index (χ1v) is 11.1. The summed E-state index contributed by atoms with van der Waals surface area (Å²) in [5.41, 5.74) is 0.110. The molecule has 0 bridgehead atoms. The van der Waals surface area contributed by atoms with Crippen molar-refractivity contribution in [3.8, 4) is 0 Å². The van der Waals surface area contributed by atoms with Gasteiger partial charge in [0.05, 0.1) is 23.3 Å². The van der Waals surface area contributed by atoms with Gasteiger partial charge in [0.15, 0.2) is 33.0 Å². The van der Waals surface area contributed by atoms with Crippen LogP contribution in [0.5, 0.6) is 0 Å². The van der Waals surface area contributed by atoms with E-state index < -0.39 is 40.2 Å². The minimum atomic E-state index is -3.62. The van der Waals surface area contributed by atoms with Crippen molar-refractivity contribution in [3.63, 3.8) is 0 Å². The Labute approximate surface area is 171 Å². The number of H-pyrrole nitrogens is 1. The van der Waals surface area contributed by atoms with E-state index >= 15 is 0 Å². The minimum absolute atomic E-state index is 0.163. The number of hydrogen-bond acceptors (Lipinski definition) is 8. The van der Waals surface area contributed by atoms with Crippen LogP contribution in [-0.2, 0) is 24.0 Å². The van der Waals surface area contributed by atoms with Crippen LogP contribution in [0, 0.1) is 0 Å². The van der Waals surface area contributed by atoms with Crippen molar-refractivity contribution in [2.45, 2.75) is 49.1 Å². The number of nitrogens with zero attached hydrogens (tertiary/aromatic N) is 3. The van der Waals surface area contributed by atoms with E-state index in [-0.39, 0.29) is 21.7 Å². The highest BCUT2D eigenvalue weighted by atomic mass is 32.2. The fourth-order valence-corrected chi connectivity index (χ4v) is 5.47. The molecule has 2 aromatic heterocycles. The van der Waals surface area contributed by atoms with Crippen molar-refractivity contribution >= 4 is 21.0 Å².